The molecule has 3 rings (SSSR count). The van der Waals surface area contributed by atoms with E-state index in [1.165, 1.54) is 24.3 Å². The zero-order chi connectivity index (χ0) is 24.8. The van der Waals surface area contributed by atoms with Crippen LogP contribution < -0.4 is 9.62 Å². The number of sulfonamides is 1. The van der Waals surface area contributed by atoms with Gasteiger partial charge in [0.1, 0.15) is 0 Å². The first-order chi connectivity index (χ1) is 15.3. The number of benzene rings is 2. The molecule has 13 heteroatoms. The maximum absolute atomic E-state index is 12.5. The van der Waals surface area contributed by atoms with Crippen molar-refractivity contribution in [3.05, 3.63) is 54.1 Å². The number of carboxylic acids is 2. The Hall–Kier alpha value is -3.32. The van der Waals surface area contributed by atoms with E-state index in [0.717, 1.165) is 31.9 Å². The van der Waals surface area contributed by atoms with Crippen molar-refractivity contribution in [3.63, 3.8) is 0 Å². The smallest absolute Gasteiger partial charge is 0.478 e. The number of nitrogens with zero attached hydrogens (tertiary/aromatic N) is 2. The number of hydrogen-bond donors (Lipinski definition) is 3. The fourth-order valence-electron chi connectivity index (χ4n) is 2.86. The van der Waals surface area contributed by atoms with E-state index >= 15 is 0 Å². The van der Waals surface area contributed by atoms with Gasteiger partial charge >= 0.3 is 18.1 Å². The minimum Gasteiger partial charge on any atom is -0.478 e. The van der Waals surface area contributed by atoms with E-state index in [0.29, 0.717) is 0 Å². The number of anilines is 2. The molecule has 1 fully saturated rings. The van der Waals surface area contributed by atoms with Gasteiger partial charge in [-0.15, -0.1) is 0 Å². The highest BCUT2D eigenvalue weighted by Crippen LogP contribution is 2.26. The third-order valence-electron chi connectivity index (χ3n) is 4.64. The van der Waals surface area contributed by atoms with Crippen LogP contribution in [0.1, 0.15) is 10.4 Å². The normalized spacial score (nSPS) is 14.7. The summed E-state index contributed by atoms with van der Waals surface area (Å²) in [4.78, 5) is 25.0. The number of nitrogens with one attached hydrogen (secondary N) is 1. The van der Waals surface area contributed by atoms with E-state index in [9.17, 15) is 31.5 Å². The van der Waals surface area contributed by atoms with Crippen molar-refractivity contribution < 1.29 is 41.4 Å². The molecule has 1 aliphatic rings. The summed E-state index contributed by atoms with van der Waals surface area (Å²) in [7, 11) is -1.80. The molecule has 2 aromatic carbocycles. The monoisotopic (exact) mass is 489 g/mol. The van der Waals surface area contributed by atoms with E-state index in [-0.39, 0.29) is 16.1 Å². The second kappa shape index (κ2) is 10.5. The van der Waals surface area contributed by atoms with Crippen LogP contribution in [0, 0.1) is 0 Å². The van der Waals surface area contributed by atoms with E-state index in [1.54, 1.807) is 24.3 Å². The molecule has 1 aliphatic heterocycles. The van der Waals surface area contributed by atoms with Gasteiger partial charge < -0.3 is 20.0 Å². The maximum Gasteiger partial charge on any atom is 0.490 e. The lowest BCUT2D eigenvalue weighted by Crippen LogP contribution is -2.44. The Morgan fingerprint density at radius 1 is 0.970 bits per heavy atom. The van der Waals surface area contributed by atoms with Crippen molar-refractivity contribution in [1.29, 1.82) is 0 Å². The number of aromatic carboxylic acids is 1. The van der Waals surface area contributed by atoms with Crippen LogP contribution in [-0.2, 0) is 14.8 Å². The van der Waals surface area contributed by atoms with Crippen molar-refractivity contribution in [2.24, 2.45) is 0 Å². The maximum atomic E-state index is 12.5. The molecule has 0 saturated carbocycles. The highest BCUT2D eigenvalue weighted by atomic mass is 32.2. The third kappa shape index (κ3) is 7.36. The van der Waals surface area contributed by atoms with Crippen molar-refractivity contribution in [3.8, 4) is 0 Å². The predicted octanol–water partition coefficient (Wildman–Crippen LogP) is 2.57. The quantitative estimate of drug-likeness (QED) is 0.585. The Labute approximate surface area is 188 Å². The average Bonchev–Trinajstić information content (AvgIpc) is 2.74. The molecule has 0 aromatic heterocycles. The molecule has 180 valence electrons. The largest absolute Gasteiger partial charge is 0.490 e. The van der Waals surface area contributed by atoms with E-state index in [4.69, 9.17) is 9.90 Å². The van der Waals surface area contributed by atoms with Crippen LogP contribution in [0.5, 0.6) is 0 Å². The minimum atomic E-state index is -5.08. The van der Waals surface area contributed by atoms with Crippen molar-refractivity contribution in [1.82, 2.24) is 4.90 Å². The van der Waals surface area contributed by atoms with Crippen molar-refractivity contribution in [2.75, 3.05) is 42.8 Å². The van der Waals surface area contributed by atoms with Gasteiger partial charge in [0, 0.05) is 31.9 Å². The Kier molecular flexibility index (Phi) is 8.28. The van der Waals surface area contributed by atoms with Crippen LogP contribution in [0.3, 0.4) is 0 Å². The molecule has 0 spiro atoms. The Balaban J connectivity index is 0.000000479. The van der Waals surface area contributed by atoms with Crippen molar-refractivity contribution >= 4 is 33.3 Å². The van der Waals surface area contributed by atoms with Crippen LogP contribution in [0.4, 0.5) is 24.5 Å². The number of carboxylic acid groups (broad SMARTS) is 2. The number of likely N-dealkylation sites (N-methyl/N-ethyl adjacent to an activating group) is 1. The molecule has 9 nitrogen and oxygen atoms in total. The Bertz CT molecular complexity index is 1090. The third-order valence-corrected chi connectivity index (χ3v) is 6.02. The molecule has 0 unspecified atom stereocenters. The van der Waals surface area contributed by atoms with Crippen LogP contribution >= 0.6 is 0 Å². The summed E-state index contributed by atoms with van der Waals surface area (Å²) in [6, 6.07) is 12.6. The molecule has 3 N–H and O–H groups in total. The molecule has 1 heterocycles. The first-order valence-electron chi connectivity index (χ1n) is 9.50. The van der Waals surface area contributed by atoms with Gasteiger partial charge in [0.15, 0.2) is 0 Å². The summed E-state index contributed by atoms with van der Waals surface area (Å²) in [6.07, 6.45) is -5.08. The highest BCUT2D eigenvalue weighted by Gasteiger charge is 2.38. The van der Waals surface area contributed by atoms with Gasteiger partial charge in [-0.05, 0) is 37.4 Å². The van der Waals surface area contributed by atoms with Gasteiger partial charge in [0.25, 0.3) is 10.0 Å². The molecule has 0 bridgehead atoms. The standard InChI is InChI=1S/C18H21N3O4S.C2HF3O2/c1-20-9-11-21(12-10-20)14-7-8-17(16(13-14)18(22)23)19-26(24,25)15-5-3-2-4-6-15;3-2(4,5)1(6)7/h2-8,13,19H,9-12H2,1H3,(H,22,23);(H,6,7). The summed E-state index contributed by atoms with van der Waals surface area (Å²) >= 11 is 0. The number of rotatable bonds is 5. The van der Waals surface area contributed by atoms with Crippen LogP contribution in [0.15, 0.2) is 53.4 Å². The molecular weight excluding hydrogens is 467 g/mol. The first kappa shape index (κ1) is 25.9. The molecule has 0 radical (unpaired) electrons. The van der Waals surface area contributed by atoms with Gasteiger partial charge in [-0.3, -0.25) is 4.72 Å². The van der Waals surface area contributed by atoms with Crippen LogP contribution in [0.2, 0.25) is 0 Å². The Morgan fingerprint density at radius 3 is 2.00 bits per heavy atom. The van der Waals surface area contributed by atoms with Gasteiger partial charge in [0.05, 0.1) is 16.1 Å². The number of alkyl halides is 3. The number of aliphatic carboxylic acids is 1. The summed E-state index contributed by atoms with van der Waals surface area (Å²) in [6.45, 7) is 3.38. The lowest BCUT2D eigenvalue weighted by atomic mass is 10.1. The summed E-state index contributed by atoms with van der Waals surface area (Å²) in [5, 5.41) is 16.7. The SMILES string of the molecule is CN1CCN(c2ccc(NS(=O)(=O)c3ccccc3)c(C(=O)O)c2)CC1.O=C(O)C(F)(F)F. The van der Waals surface area contributed by atoms with Crippen molar-refractivity contribution in [2.45, 2.75) is 11.1 Å². The van der Waals surface area contributed by atoms with Crippen LogP contribution in [0.25, 0.3) is 0 Å². The number of carbonyl (C=O) groups is 2. The lowest BCUT2D eigenvalue weighted by Gasteiger charge is -2.34. The molecule has 0 aliphatic carbocycles. The fourth-order valence-corrected chi connectivity index (χ4v) is 3.96. The molecule has 0 atom stereocenters. The second-order valence-corrected chi connectivity index (χ2v) is 8.73. The highest BCUT2D eigenvalue weighted by molar-refractivity contribution is 7.92. The number of hydrogen-bond acceptors (Lipinski definition) is 6. The number of halogens is 3. The van der Waals surface area contributed by atoms with Gasteiger partial charge in [-0.2, -0.15) is 13.2 Å². The van der Waals surface area contributed by atoms with Gasteiger partial charge in [0.2, 0.25) is 0 Å². The summed E-state index contributed by atoms with van der Waals surface area (Å²) < 4.78 is 59.1. The predicted molar refractivity (Wildman–Crippen MR) is 114 cm³/mol. The topological polar surface area (TPSA) is 127 Å². The first-order valence-corrected chi connectivity index (χ1v) is 11.0. The fraction of sp³-hybridized carbons (Fsp3) is 0.300. The number of piperazine rings is 1. The minimum absolute atomic E-state index is 0.0548. The van der Waals surface area contributed by atoms with E-state index < -0.39 is 28.1 Å². The molecule has 1 saturated heterocycles. The molecule has 33 heavy (non-hydrogen) atoms. The second-order valence-electron chi connectivity index (χ2n) is 7.05. The van der Waals surface area contributed by atoms with E-state index in [2.05, 4.69) is 14.5 Å². The van der Waals surface area contributed by atoms with Crippen LogP contribution in [-0.4, -0.2) is 74.9 Å². The molecule has 0 amide bonds. The van der Waals surface area contributed by atoms with Gasteiger partial charge in [-0.1, -0.05) is 18.2 Å². The lowest BCUT2D eigenvalue weighted by molar-refractivity contribution is -0.192. The summed E-state index contributed by atoms with van der Waals surface area (Å²) in [5.74, 6) is -3.93. The Morgan fingerprint density at radius 2 is 1.52 bits per heavy atom. The molecular formula is C20H22F3N3O6S. The van der Waals surface area contributed by atoms with E-state index in [1.807, 2.05) is 7.05 Å². The zero-order valence-electron chi connectivity index (χ0n) is 17.4. The summed E-state index contributed by atoms with van der Waals surface area (Å²) in [5.41, 5.74) is 0.762. The zero-order valence-corrected chi connectivity index (χ0v) is 18.2. The average molecular weight is 489 g/mol. The van der Waals surface area contributed by atoms with Gasteiger partial charge in [-0.25, -0.2) is 18.0 Å². The molecule has 2 aromatic rings.